The smallest absolute Gasteiger partial charge is 0.317 e. The van der Waals surface area contributed by atoms with Crippen LogP contribution >= 0.6 is 0 Å². The normalized spacial score (nSPS) is 22.5. The fourth-order valence-corrected chi connectivity index (χ4v) is 3.70. The number of piperidine rings is 1. The molecule has 2 fully saturated rings. The Hall–Kier alpha value is -1.60. The third-order valence-corrected chi connectivity index (χ3v) is 5.45. The molecule has 2 saturated heterocycles. The number of aryl methyl sites for hydroxylation is 1. The predicted molar refractivity (Wildman–Crippen MR) is 101 cm³/mol. The van der Waals surface area contributed by atoms with Crippen LogP contribution in [0.3, 0.4) is 0 Å². The van der Waals surface area contributed by atoms with Crippen molar-refractivity contribution in [1.29, 1.82) is 0 Å². The lowest BCUT2D eigenvalue weighted by Gasteiger charge is -2.36. The second-order valence-corrected chi connectivity index (χ2v) is 7.35. The number of ether oxygens (including phenoxy) is 1. The van der Waals surface area contributed by atoms with E-state index in [-0.39, 0.29) is 12.1 Å². The summed E-state index contributed by atoms with van der Waals surface area (Å²) in [5, 5.41) is 7.55. The van der Waals surface area contributed by atoms with E-state index in [1.54, 1.807) is 0 Å². The molecule has 1 N–H and O–H groups in total. The number of nitrogens with zero attached hydrogens (tertiary/aromatic N) is 4. The standard InChI is InChI=1S/C19H33N5O2/c1-3-5-8-22-9-6-17(7-10-22)21-19(25)23-11-12-26-18(15-23)16-13-20-24(4-2)14-16/h13-14,17-18H,3-12,15H2,1-2H3,(H,21,25). The number of amides is 2. The van der Waals surface area contributed by atoms with Gasteiger partial charge in [0, 0.05) is 44.0 Å². The summed E-state index contributed by atoms with van der Waals surface area (Å²) < 4.78 is 7.76. The van der Waals surface area contributed by atoms with Crippen LogP contribution in [0.4, 0.5) is 4.79 Å². The van der Waals surface area contributed by atoms with Crippen LogP contribution in [0.25, 0.3) is 0 Å². The van der Waals surface area contributed by atoms with Gasteiger partial charge in [-0.05, 0) is 32.7 Å². The van der Waals surface area contributed by atoms with Gasteiger partial charge in [-0.3, -0.25) is 4.68 Å². The topological polar surface area (TPSA) is 62.6 Å². The number of hydrogen-bond donors (Lipinski definition) is 1. The first-order valence-electron chi connectivity index (χ1n) is 10.1. The maximum absolute atomic E-state index is 12.7. The first-order chi connectivity index (χ1) is 12.7. The summed E-state index contributed by atoms with van der Waals surface area (Å²) in [7, 11) is 0. The van der Waals surface area contributed by atoms with Crippen LogP contribution in [0.2, 0.25) is 0 Å². The molecule has 7 heteroatoms. The molecule has 7 nitrogen and oxygen atoms in total. The molecule has 0 aliphatic carbocycles. The summed E-state index contributed by atoms with van der Waals surface area (Å²) in [6.45, 7) is 10.3. The van der Waals surface area contributed by atoms with Gasteiger partial charge < -0.3 is 19.9 Å². The van der Waals surface area contributed by atoms with Crippen molar-refractivity contribution in [2.75, 3.05) is 39.3 Å². The first kappa shape index (κ1) is 19.2. The maximum atomic E-state index is 12.7. The molecule has 1 unspecified atom stereocenters. The van der Waals surface area contributed by atoms with E-state index in [4.69, 9.17) is 4.74 Å². The summed E-state index contributed by atoms with van der Waals surface area (Å²) in [4.78, 5) is 17.1. The monoisotopic (exact) mass is 363 g/mol. The number of carbonyl (C=O) groups excluding carboxylic acids is 1. The Kier molecular flexibility index (Phi) is 6.91. The average molecular weight is 364 g/mol. The zero-order chi connectivity index (χ0) is 18.4. The SMILES string of the molecule is CCCCN1CCC(NC(=O)N2CCOC(c3cnn(CC)c3)C2)CC1. The molecule has 146 valence electrons. The molecule has 0 bridgehead atoms. The highest BCUT2D eigenvalue weighted by Gasteiger charge is 2.28. The number of likely N-dealkylation sites (tertiary alicyclic amines) is 1. The van der Waals surface area contributed by atoms with Gasteiger partial charge in [-0.2, -0.15) is 5.10 Å². The van der Waals surface area contributed by atoms with E-state index < -0.39 is 0 Å². The lowest BCUT2D eigenvalue weighted by Crippen LogP contribution is -2.52. The van der Waals surface area contributed by atoms with E-state index in [0.717, 1.165) is 38.0 Å². The largest absolute Gasteiger partial charge is 0.370 e. The quantitative estimate of drug-likeness (QED) is 0.842. The Balaban J connectivity index is 1.46. The van der Waals surface area contributed by atoms with Crippen LogP contribution in [0.5, 0.6) is 0 Å². The van der Waals surface area contributed by atoms with Crippen LogP contribution in [0.15, 0.2) is 12.4 Å². The lowest BCUT2D eigenvalue weighted by atomic mass is 10.0. The molecule has 1 atom stereocenters. The number of nitrogens with one attached hydrogen (secondary N) is 1. The highest BCUT2D eigenvalue weighted by molar-refractivity contribution is 5.74. The van der Waals surface area contributed by atoms with E-state index in [1.165, 1.54) is 19.4 Å². The van der Waals surface area contributed by atoms with E-state index in [9.17, 15) is 4.79 Å². The second kappa shape index (κ2) is 9.37. The van der Waals surface area contributed by atoms with Gasteiger partial charge >= 0.3 is 6.03 Å². The molecule has 0 radical (unpaired) electrons. The first-order valence-corrected chi connectivity index (χ1v) is 10.1. The number of unbranched alkanes of at least 4 members (excludes halogenated alkanes) is 1. The van der Waals surface area contributed by atoms with Crippen molar-refractivity contribution >= 4 is 6.03 Å². The van der Waals surface area contributed by atoms with Gasteiger partial charge in [0.2, 0.25) is 0 Å². The maximum Gasteiger partial charge on any atom is 0.317 e. The van der Waals surface area contributed by atoms with Crippen LogP contribution in [-0.2, 0) is 11.3 Å². The van der Waals surface area contributed by atoms with E-state index in [1.807, 2.05) is 22.0 Å². The Morgan fingerprint density at radius 1 is 1.31 bits per heavy atom. The van der Waals surface area contributed by atoms with E-state index in [0.29, 0.717) is 25.7 Å². The Morgan fingerprint density at radius 3 is 2.81 bits per heavy atom. The zero-order valence-electron chi connectivity index (χ0n) is 16.2. The number of aromatic nitrogens is 2. The van der Waals surface area contributed by atoms with Gasteiger partial charge in [0.1, 0.15) is 6.10 Å². The molecule has 2 aliphatic rings. The lowest BCUT2D eigenvalue weighted by molar-refractivity contribution is -0.0161. The Labute approximate surface area is 156 Å². The van der Waals surface area contributed by atoms with Gasteiger partial charge in [0.05, 0.1) is 19.3 Å². The Bertz CT molecular complexity index is 568. The number of morpholine rings is 1. The average Bonchev–Trinajstić information content (AvgIpc) is 3.17. The number of urea groups is 1. The third kappa shape index (κ3) is 4.98. The zero-order valence-corrected chi connectivity index (χ0v) is 16.2. The van der Waals surface area contributed by atoms with Crippen molar-refractivity contribution < 1.29 is 9.53 Å². The van der Waals surface area contributed by atoms with E-state index in [2.05, 4.69) is 29.2 Å². The van der Waals surface area contributed by atoms with Gasteiger partial charge in [0.15, 0.2) is 0 Å². The molecule has 3 heterocycles. The highest BCUT2D eigenvalue weighted by Crippen LogP contribution is 2.22. The second-order valence-electron chi connectivity index (χ2n) is 7.35. The van der Waals surface area contributed by atoms with Crippen molar-refractivity contribution in [3.63, 3.8) is 0 Å². The molecular formula is C19H33N5O2. The molecule has 0 spiro atoms. The molecule has 1 aromatic rings. The Morgan fingerprint density at radius 2 is 2.12 bits per heavy atom. The van der Waals surface area contributed by atoms with Crippen LogP contribution in [-0.4, -0.2) is 71.0 Å². The summed E-state index contributed by atoms with van der Waals surface area (Å²) >= 11 is 0. The number of carbonyl (C=O) groups is 1. The third-order valence-electron chi connectivity index (χ3n) is 5.45. The number of hydrogen-bond acceptors (Lipinski definition) is 4. The fraction of sp³-hybridized carbons (Fsp3) is 0.789. The summed E-state index contributed by atoms with van der Waals surface area (Å²) in [6.07, 6.45) is 8.39. The van der Waals surface area contributed by atoms with Crippen molar-refractivity contribution in [2.45, 2.75) is 58.2 Å². The molecule has 2 amide bonds. The van der Waals surface area contributed by atoms with Gasteiger partial charge in [0.25, 0.3) is 0 Å². The molecule has 1 aromatic heterocycles. The molecule has 3 rings (SSSR count). The number of rotatable bonds is 6. The minimum absolute atomic E-state index is 0.0493. The molecular weight excluding hydrogens is 330 g/mol. The molecule has 26 heavy (non-hydrogen) atoms. The van der Waals surface area contributed by atoms with Crippen molar-refractivity contribution in [1.82, 2.24) is 24.9 Å². The summed E-state index contributed by atoms with van der Waals surface area (Å²) in [5.41, 5.74) is 1.05. The highest BCUT2D eigenvalue weighted by atomic mass is 16.5. The van der Waals surface area contributed by atoms with Gasteiger partial charge in [-0.15, -0.1) is 0 Å². The van der Waals surface area contributed by atoms with Crippen LogP contribution < -0.4 is 5.32 Å². The molecule has 2 aliphatic heterocycles. The molecule has 0 aromatic carbocycles. The minimum atomic E-state index is -0.0781. The molecule has 0 saturated carbocycles. The van der Waals surface area contributed by atoms with Crippen molar-refractivity contribution in [3.05, 3.63) is 18.0 Å². The fourth-order valence-electron chi connectivity index (χ4n) is 3.70. The van der Waals surface area contributed by atoms with Crippen molar-refractivity contribution in [2.24, 2.45) is 0 Å². The summed E-state index contributed by atoms with van der Waals surface area (Å²) in [6, 6.07) is 0.345. The van der Waals surface area contributed by atoms with Crippen molar-refractivity contribution in [3.8, 4) is 0 Å². The minimum Gasteiger partial charge on any atom is -0.370 e. The van der Waals surface area contributed by atoms with Crippen LogP contribution in [0, 0.1) is 0 Å². The summed E-state index contributed by atoms with van der Waals surface area (Å²) in [5.74, 6) is 0. The van der Waals surface area contributed by atoms with E-state index >= 15 is 0 Å². The van der Waals surface area contributed by atoms with Crippen LogP contribution in [0.1, 0.15) is 51.2 Å². The van der Waals surface area contributed by atoms with Gasteiger partial charge in [-0.25, -0.2) is 4.79 Å². The predicted octanol–water partition coefficient (Wildman–Crippen LogP) is 2.25. The van der Waals surface area contributed by atoms with Gasteiger partial charge in [-0.1, -0.05) is 13.3 Å².